The van der Waals surface area contributed by atoms with Crippen molar-refractivity contribution in [2.45, 2.75) is 32.2 Å². The smallest absolute Gasteiger partial charge is 0.250 e. The zero-order valence-corrected chi connectivity index (χ0v) is 11.1. The third kappa shape index (κ3) is 2.70. The SMILES string of the molecule is CC1CCC(Nc2c(Cl)cc(N)cc2C(N)=O)C1. The average molecular weight is 268 g/mol. The van der Waals surface area contributed by atoms with Gasteiger partial charge in [0.1, 0.15) is 0 Å². The van der Waals surface area contributed by atoms with E-state index in [0.717, 1.165) is 12.8 Å². The van der Waals surface area contributed by atoms with Crippen LogP contribution in [0.5, 0.6) is 0 Å². The molecule has 5 N–H and O–H groups in total. The number of halogens is 1. The summed E-state index contributed by atoms with van der Waals surface area (Å²) in [6, 6.07) is 3.54. The van der Waals surface area contributed by atoms with E-state index in [1.54, 1.807) is 12.1 Å². The van der Waals surface area contributed by atoms with Crippen molar-refractivity contribution in [3.8, 4) is 0 Å². The van der Waals surface area contributed by atoms with Gasteiger partial charge in [0.25, 0.3) is 5.91 Å². The number of nitrogen functional groups attached to an aromatic ring is 1. The molecule has 0 aromatic heterocycles. The average Bonchev–Trinajstić information content (AvgIpc) is 2.67. The van der Waals surface area contributed by atoms with E-state index in [-0.39, 0.29) is 0 Å². The molecule has 1 aliphatic rings. The van der Waals surface area contributed by atoms with Gasteiger partial charge in [-0.2, -0.15) is 0 Å². The van der Waals surface area contributed by atoms with E-state index >= 15 is 0 Å². The highest BCUT2D eigenvalue weighted by atomic mass is 35.5. The molecule has 4 nitrogen and oxygen atoms in total. The van der Waals surface area contributed by atoms with Gasteiger partial charge in [0.2, 0.25) is 0 Å². The van der Waals surface area contributed by atoms with Crippen LogP contribution in [-0.2, 0) is 0 Å². The first-order chi connectivity index (χ1) is 8.47. The number of hydrogen-bond acceptors (Lipinski definition) is 3. The van der Waals surface area contributed by atoms with Crippen LogP contribution in [0.3, 0.4) is 0 Å². The number of carbonyl (C=O) groups is 1. The highest BCUT2D eigenvalue weighted by Gasteiger charge is 2.23. The molecular formula is C13H18ClN3O. The first-order valence-electron chi connectivity index (χ1n) is 6.12. The van der Waals surface area contributed by atoms with Crippen molar-refractivity contribution < 1.29 is 4.79 Å². The minimum absolute atomic E-state index is 0.347. The lowest BCUT2D eigenvalue weighted by Crippen LogP contribution is -2.20. The molecule has 1 aliphatic carbocycles. The number of carbonyl (C=O) groups excluding carboxylic acids is 1. The van der Waals surface area contributed by atoms with Crippen molar-refractivity contribution in [2.75, 3.05) is 11.1 Å². The van der Waals surface area contributed by atoms with E-state index in [1.807, 2.05) is 0 Å². The summed E-state index contributed by atoms with van der Waals surface area (Å²) in [7, 11) is 0. The molecule has 18 heavy (non-hydrogen) atoms. The Labute approximate surface area is 112 Å². The Morgan fingerprint density at radius 2 is 2.17 bits per heavy atom. The predicted octanol–water partition coefficient (Wildman–Crippen LogP) is 2.62. The summed E-state index contributed by atoms with van der Waals surface area (Å²) in [5, 5.41) is 3.78. The summed E-state index contributed by atoms with van der Waals surface area (Å²) in [6.07, 6.45) is 3.36. The van der Waals surface area contributed by atoms with Gasteiger partial charge in [0.05, 0.1) is 16.3 Å². The van der Waals surface area contributed by atoms with Crippen molar-refractivity contribution in [2.24, 2.45) is 11.7 Å². The predicted molar refractivity (Wildman–Crippen MR) is 74.8 cm³/mol. The largest absolute Gasteiger partial charge is 0.399 e. The Bertz CT molecular complexity index is 476. The molecule has 0 saturated heterocycles. The molecule has 2 atom stereocenters. The zero-order chi connectivity index (χ0) is 13.3. The number of anilines is 2. The van der Waals surface area contributed by atoms with Crippen LogP contribution in [0.15, 0.2) is 12.1 Å². The van der Waals surface area contributed by atoms with Crippen molar-refractivity contribution >= 4 is 28.9 Å². The maximum Gasteiger partial charge on any atom is 0.250 e. The lowest BCUT2D eigenvalue weighted by Gasteiger charge is -2.18. The molecule has 1 amide bonds. The lowest BCUT2D eigenvalue weighted by molar-refractivity contribution is 0.100. The van der Waals surface area contributed by atoms with Gasteiger partial charge in [-0.1, -0.05) is 18.5 Å². The Morgan fingerprint density at radius 1 is 1.44 bits per heavy atom. The van der Waals surface area contributed by atoms with Crippen molar-refractivity contribution in [3.05, 3.63) is 22.7 Å². The zero-order valence-electron chi connectivity index (χ0n) is 10.4. The van der Waals surface area contributed by atoms with Gasteiger partial charge in [-0.15, -0.1) is 0 Å². The number of rotatable bonds is 3. The Hall–Kier alpha value is -1.42. The Morgan fingerprint density at radius 3 is 2.72 bits per heavy atom. The van der Waals surface area contributed by atoms with E-state index in [1.165, 1.54) is 6.42 Å². The summed E-state index contributed by atoms with van der Waals surface area (Å²) in [5.74, 6) is 0.185. The normalized spacial score (nSPS) is 23.0. The van der Waals surface area contributed by atoms with Crippen LogP contribution in [0, 0.1) is 5.92 Å². The van der Waals surface area contributed by atoms with Gasteiger partial charge in [-0.3, -0.25) is 4.79 Å². The van der Waals surface area contributed by atoms with Gasteiger partial charge < -0.3 is 16.8 Å². The molecule has 1 fully saturated rings. The molecule has 0 radical (unpaired) electrons. The van der Waals surface area contributed by atoms with Gasteiger partial charge in [-0.25, -0.2) is 0 Å². The van der Waals surface area contributed by atoms with Crippen LogP contribution in [0.4, 0.5) is 11.4 Å². The number of hydrogen-bond donors (Lipinski definition) is 3. The fourth-order valence-electron chi connectivity index (χ4n) is 2.51. The topological polar surface area (TPSA) is 81.1 Å². The van der Waals surface area contributed by atoms with Gasteiger partial charge in [0, 0.05) is 11.7 Å². The molecule has 1 aromatic carbocycles. The van der Waals surface area contributed by atoms with Crippen LogP contribution in [0.25, 0.3) is 0 Å². The first-order valence-corrected chi connectivity index (χ1v) is 6.50. The molecule has 1 aromatic rings. The van der Waals surface area contributed by atoms with E-state index in [0.29, 0.717) is 33.9 Å². The summed E-state index contributed by atoms with van der Waals surface area (Å²) in [4.78, 5) is 11.4. The molecule has 5 heteroatoms. The molecule has 98 valence electrons. The number of nitrogens with one attached hydrogen (secondary N) is 1. The lowest BCUT2D eigenvalue weighted by atomic mass is 10.1. The number of nitrogens with two attached hydrogens (primary N) is 2. The van der Waals surface area contributed by atoms with Crippen molar-refractivity contribution in [1.82, 2.24) is 0 Å². The number of benzene rings is 1. The standard InChI is InChI=1S/C13H18ClN3O/c1-7-2-3-9(4-7)17-12-10(13(16)18)5-8(15)6-11(12)14/h5-7,9,17H,2-4,15H2,1H3,(H2,16,18). The third-order valence-electron chi connectivity index (χ3n) is 3.42. The number of primary amides is 1. The molecule has 1 saturated carbocycles. The van der Waals surface area contributed by atoms with E-state index in [9.17, 15) is 4.79 Å². The maximum atomic E-state index is 11.4. The van der Waals surface area contributed by atoms with Crippen molar-refractivity contribution in [3.63, 3.8) is 0 Å². The summed E-state index contributed by atoms with van der Waals surface area (Å²) in [5.41, 5.74) is 12.5. The van der Waals surface area contributed by atoms with Crippen LogP contribution < -0.4 is 16.8 Å². The highest BCUT2D eigenvalue weighted by molar-refractivity contribution is 6.34. The fraction of sp³-hybridized carbons (Fsp3) is 0.462. The third-order valence-corrected chi connectivity index (χ3v) is 3.72. The summed E-state index contributed by atoms with van der Waals surface area (Å²) in [6.45, 7) is 2.22. The van der Waals surface area contributed by atoms with Crippen LogP contribution in [-0.4, -0.2) is 11.9 Å². The molecular weight excluding hydrogens is 250 g/mol. The van der Waals surface area contributed by atoms with Crippen LogP contribution in [0.2, 0.25) is 5.02 Å². The fourth-order valence-corrected chi connectivity index (χ4v) is 2.79. The molecule has 0 spiro atoms. The second-order valence-corrected chi connectivity index (χ2v) is 5.46. The van der Waals surface area contributed by atoms with Gasteiger partial charge in [-0.05, 0) is 37.3 Å². The summed E-state index contributed by atoms with van der Waals surface area (Å²) >= 11 is 6.14. The van der Waals surface area contributed by atoms with E-state index < -0.39 is 5.91 Å². The van der Waals surface area contributed by atoms with Gasteiger partial charge >= 0.3 is 0 Å². The molecule has 2 rings (SSSR count). The quantitative estimate of drug-likeness (QED) is 0.737. The Kier molecular flexibility index (Phi) is 3.66. The minimum atomic E-state index is -0.516. The second-order valence-electron chi connectivity index (χ2n) is 5.05. The van der Waals surface area contributed by atoms with E-state index in [2.05, 4.69) is 12.2 Å². The number of amides is 1. The monoisotopic (exact) mass is 267 g/mol. The molecule has 2 unspecified atom stereocenters. The maximum absolute atomic E-state index is 11.4. The molecule has 0 bridgehead atoms. The Balaban J connectivity index is 2.28. The second kappa shape index (κ2) is 5.06. The summed E-state index contributed by atoms with van der Waals surface area (Å²) < 4.78 is 0. The molecule has 0 aliphatic heterocycles. The molecule has 0 heterocycles. The first kappa shape index (κ1) is 13.0. The van der Waals surface area contributed by atoms with Gasteiger partial charge in [0.15, 0.2) is 0 Å². The van der Waals surface area contributed by atoms with Crippen LogP contribution in [0.1, 0.15) is 36.5 Å². The minimum Gasteiger partial charge on any atom is -0.399 e. The van der Waals surface area contributed by atoms with Crippen LogP contribution >= 0.6 is 11.6 Å². The van der Waals surface area contributed by atoms with E-state index in [4.69, 9.17) is 23.1 Å². The van der Waals surface area contributed by atoms with Crippen molar-refractivity contribution in [1.29, 1.82) is 0 Å². The highest BCUT2D eigenvalue weighted by Crippen LogP contribution is 2.33.